The Labute approximate surface area is 122 Å². The van der Waals surface area contributed by atoms with Crippen LogP contribution >= 0.6 is 0 Å². The van der Waals surface area contributed by atoms with E-state index in [-0.39, 0.29) is 5.92 Å². The van der Waals surface area contributed by atoms with Gasteiger partial charge in [0.15, 0.2) is 0 Å². The van der Waals surface area contributed by atoms with E-state index in [1.54, 1.807) is 0 Å². The maximum Gasteiger partial charge on any atom is 0.225 e. The van der Waals surface area contributed by atoms with Gasteiger partial charge in [0, 0.05) is 19.0 Å². The highest BCUT2D eigenvalue weighted by Gasteiger charge is 2.27. The number of nitrogens with zero attached hydrogens (tertiary/aromatic N) is 1. The van der Waals surface area contributed by atoms with Gasteiger partial charge in [-0.05, 0) is 44.3 Å². The van der Waals surface area contributed by atoms with E-state index in [9.17, 15) is 4.79 Å². The molecule has 1 fully saturated rings. The van der Waals surface area contributed by atoms with Crippen molar-refractivity contribution in [2.24, 2.45) is 5.92 Å². The molecule has 1 aliphatic rings. The van der Waals surface area contributed by atoms with Crippen molar-refractivity contribution in [3.63, 3.8) is 0 Å². The summed E-state index contributed by atoms with van der Waals surface area (Å²) in [5.74, 6) is 0.542. The number of benzene rings is 1. The van der Waals surface area contributed by atoms with Crippen LogP contribution in [-0.2, 0) is 11.2 Å². The van der Waals surface area contributed by atoms with Crippen LogP contribution in [0, 0.1) is 5.92 Å². The monoisotopic (exact) mass is 274 g/mol. The second-order valence-corrected chi connectivity index (χ2v) is 5.73. The molecule has 1 aromatic rings. The van der Waals surface area contributed by atoms with E-state index in [0.717, 1.165) is 38.8 Å². The van der Waals surface area contributed by atoms with Gasteiger partial charge in [0.05, 0.1) is 0 Å². The van der Waals surface area contributed by atoms with Crippen LogP contribution in [0.2, 0.25) is 0 Å². The Bertz CT molecular complexity index is 412. The third-order valence-corrected chi connectivity index (χ3v) is 4.37. The summed E-state index contributed by atoms with van der Waals surface area (Å²) >= 11 is 0. The lowest BCUT2D eigenvalue weighted by Gasteiger charge is -2.32. The quantitative estimate of drug-likeness (QED) is 0.894. The number of nitrogens with one attached hydrogen (secondary N) is 1. The molecule has 2 rings (SSSR count). The minimum absolute atomic E-state index is 0.214. The number of piperidine rings is 1. The largest absolute Gasteiger partial charge is 0.342 e. The Hall–Kier alpha value is -1.35. The van der Waals surface area contributed by atoms with E-state index in [1.807, 2.05) is 18.0 Å². The molecule has 1 heterocycles. The van der Waals surface area contributed by atoms with Crippen molar-refractivity contribution >= 4 is 5.91 Å². The van der Waals surface area contributed by atoms with Crippen LogP contribution in [0.4, 0.5) is 0 Å². The molecule has 0 spiro atoms. The fraction of sp³-hybridized carbons (Fsp3) is 0.588. The van der Waals surface area contributed by atoms with Crippen molar-refractivity contribution < 1.29 is 4.79 Å². The second-order valence-electron chi connectivity index (χ2n) is 5.73. The van der Waals surface area contributed by atoms with Gasteiger partial charge in [0.2, 0.25) is 5.91 Å². The average Bonchev–Trinajstić information content (AvgIpc) is 2.53. The Balaban J connectivity index is 1.97. The molecule has 3 heteroatoms. The van der Waals surface area contributed by atoms with Gasteiger partial charge in [-0.3, -0.25) is 4.79 Å². The molecule has 0 aromatic heterocycles. The third kappa shape index (κ3) is 3.83. The summed E-state index contributed by atoms with van der Waals surface area (Å²) in [5.41, 5.74) is 1.31. The van der Waals surface area contributed by atoms with Crippen LogP contribution in [0.5, 0.6) is 0 Å². The van der Waals surface area contributed by atoms with Gasteiger partial charge >= 0.3 is 0 Å². The van der Waals surface area contributed by atoms with Gasteiger partial charge in [0.25, 0.3) is 0 Å². The summed E-state index contributed by atoms with van der Waals surface area (Å²) in [6.07, 6.45) is 3.91. The van der Waals surface area contributed by atoms with Gasteiger partial charge in [-0.2, -0.15) is 0 Å². The number of rotatable bonds is 5. The minimum atomic E-state index is 0.214. The van der Waals surface area contributed by atoms with Crippen molar-refractivity contribution in [3.8, 4) is 0 Å². The second kappa shape index (κ2) is 7.44. The van der Waals surface area contributed by atoms with Crippen molar-refractivity contribution in [2.75, 3.05) is 20.1 Å². The molecule has 0 aliphatic carbocycles. The zero-order valence-corrected chi connectivity index (χ0v) is 12.6. The number of hydrogen-bond acceptors (Lipinski definition) is 2. The summed E-state index contributed by atoms with van der Waals surface area (Å²) in [5, 5.41) is 3.32. The summed E-state index contributed by atoms with van der Waals surface area (Å²) in [4.78, 5) is 14.6. The molecule has 0 bridgehead atoms. The smallest absolute Gasteiger partial charge is 0.225 e. The van der Waals surface area contributed by atoms with E-state index in [1.165, 1.54) is 5.56 Å². The van der Waals surface area contributed by atoms with Crippen LogP contribution in [0.3, 0.4) is 0 Å². The Kier molecular flexibility index (Phi) is 5.60. The molecule has 20 heavy (non-hydrogen) atoms. The molecule has 110 valence electrons. The molecule has 1 unspecified atom stereocenters. The number of carbonyl (C=O) groups is 1. The summed E-state index contributed by atoms with van der Waals surface area (Å²) in [7, 11) is 1.97. The first-order valence-corrected chi connectivity index (χ1v) is 7.73. The van der Waals surface area contributed by atoms with E-state index in [2.05, 4.69) is 36.5 Å². The molecular formula is C17H26N2O. The first-order valence-electron chi connectivity index (χ1n) is 7.73. The number of carbonyl (C=O) groups excluding carboxylic acids is 1. The predicted molar refractivity (Wildman–Crippen MR) is 82.6 cm³/mol. The van der Waals surface area contributed by atoms with Crippen molar-refractivity contribution in [1.29, 1.82) is 0 Å². The Morgan fingerprint density at radius 2 is 1.95 bits per heavy atom. The van der Waals surface area contributed by atoms with Crippen LogP contribution in [-0.4, -0.2) is 37.0 Å². The fourth-order valence-corrected chi connectivity index (χ4v) is 2.98. The van der Waals surface area contributed by atoms with Gasteiger partial charge in [0.1, 0.15) is 0 Å². The summed E-state index contributed by atoms with van der Waals surface area (Å²) in [6, 6.07) is 10.8. The van der Waals surface area contributed by atoms with Crippen molar-refractivity contribution in [1.82, 2.24) is 10.2 Å². The molecular weight excluding hydrogens is 248 g/mol. The van der Waals surface area contributed by atoms with Crippen molar-refractivity contribution in [3.05, 3.63) is 35.9 Å². The fourth-order valence-electron chi connectivity index (χ4n) is 2.98. The topological polar surface area (TPSA) is 32.3 Å². The van der Waals surface area contributed by atoms with Crippen LogP contribution < -0.4 is 5.32 Å². The molecule has 1 N–H and O–H groups in total. The zero-order valence-electron chi connectivity index (χ0n) is 12.6. The molecule has 1 amide bonds. The first kappa shape index (κ1) is 15.0. The first-order chi connectivity index (χ1) is 9.72. The Morgan fingerprint density at radius 1 is 1.30 bits per heavy atom. The highest BCUT2D eigenvalue weighted by molar-refractivity contribution is 5.79. The van der Waals surface area contributed by atoms with E-state index >= 15 is 0 Å². The molecule has 1 saturated heterocycles. The lowest BCUT2D eigenvalue weighted by molar-refractivity contribution is -0.137. The predicted octanol–water partition coefficient (Wildman–Crippen LogP) is 2.47. The van der Waals surface area contributed by atoms with Gasteiger partial charge in [-0.15, -0.1) is 0 Å². The molecule has 3 nitrogen and oxygen atoms in total. The van der Waals surface area contributed by atoms with E-state index in [0.29, 0.717) is 11.9 Å². The van der Waals surface area contributed by atoms with Gasteiger partial charge in [-0.1, -0.05) is 37.3 Å². The highest BCUT2D eigenvalue weighted by atomic mass is 16.2. The maximum absolute atomic E-state index is 12.6. The zero-order chi connectivity index (χ0) is 14.4. The minimum Gasteiger partial charge on any atom is -0.342 e. The number of hydrogen-bond donors (Lipinski definition) is 1. The normalized spacial score (nSPS) is 17.7. The van der Waals surface area contributed by atoms with Gasteiger partial charge in [-0.25, -0.2) is 0 Å². The number of amides is 1. The SMILES string of the molecule is CCC(Cc1ccccc1)N(C)C(=O)C1CCNCC1. The van der Waals surface area contributed by atoms with Crippen molar-refractivity contribution in [2.45, 2.75) is 38.6 Å². The Morgan fingerprint density at radius 3 is 2.55 bits per heavy atom. The van der Waals surface area contributed by atoms with E-state index in [4.69, 9.17) is 0 Å². The maximum atomic E-state index is 12.6. The molecule has 1 aromatic carbocycles. The third-order valence-electron chi connectivity index (χ3n) is 4.37. The van der Waals surface area contributed by atoms with Crippen LogP contribution in [0.25, 0.3) is 0 Å². The molecule has 0 radical (unpaired) electrons. The summed E-state index contributed by atoms with van der Waals surface area (Å²) in [6.45, 7) is 4.11. The van der Waals surface area contributed by atoms with Crippen LogP contribution in [0.15, 0.2) is 30.3 Å². The van der Waals surface area contributed by atoms with Gasteiger partial charge < -0.3 is 10.2 Å². The van der Waals surface area contributed by atoms with Crippen LogP contribution in [0.1, 0.15) is 31.7 Å². The average molecular weight is 274 g/mol. The highest BCUT2D eigenvalue weighted by Crippen LogP contribution is 2.18. The number of likely N-dealkylation sites (N-methyl/N-ethyl adjacent to an activating group) is 1. The molecule has 1 atom stereocenters. The lowest BCUT2D eigenvalue weighted by Crippen LogP contribution is -2.44. The standard InChI is InChI=1S/C17H26N2O/c1-3-16(13-14-7-5-4-6-8-14)19(2)17(20)15-9-11-18-12-10-15/h4-8,15-16,18H,3,9-13H2,1-2H3. The summed E-state index contributed by atoms with van der Waals surface area (Å²) < 4.78 is 0. The lowest BCUT2D eigenvalue weighted by atomic mass is 9.94. The molecule has 1 aliphatic heterocycles. The van der Waals surface area contributed by atoms with E-state index < -0.39 is 0 Å². The molecule has 0 saturated carbocycles.